The van der Waals surface area contributed by atoms with Crippen molar-refractivity contribution in [2.24, 2.45) is 0 Å². The molecule has 0 aliphatic rings. The zero-order valence-corrected chi connectivity index (χ0v) is 16.4. The minimum Gasteiger partial charge on any atom is -0.468 e. The quantitative estimate of drug-likeness (QED) is 0.366. The maximum absolute atomic E-state index is 12.5. The van der Waals surface area contributed by atoms with E-state index in [1.54, 1.807) is 37.3 Å². The molecule has 1 aromatic heterocycles. The number of aromatic nitrogens is 2. The molecule has 148 valence electrons. The fourth-order valence-electron chi connectivity index (χ4n) is 2.22. The predicted molar refractivity (Wildman–Crippen MR) is 106 cm³/mol. The van der Waals surface area contributed by atoms with Crippen LogP contribution in [0.5, 0.6) is 0 Å². The van der Waals surface area contributed by atoms with Crippen LogP contribution in [-0.4, -0.2) is 40.1 Å². The summed E-state index contributed by atoms with van der Waals surface area (Å²) in [5.74, 6) is -1.56. The SMILES string of the molecule is CC[C@H](Sc1nc(NC(C)=O)c(NC(=O)c2ccccc2)c(=O)[nH]1)C(=O)OC. The van der Waals surface area contributed by atoms with Gasteiger partial charge in [-0.15, -0.1) is 0 Å². The molecule has 10 heteroatoms. The highest BCUT2D eigenvalue weighted by Crippen LogP contribution is 2.25. The van der Waals surface area contributed by atoms with Crippen molar-refractivity contribution in [3.63, 3.8) is 0 Å². The maximum atomic E-state index is 12.5. The van der Waals surface area contributed by atoms with E-state index in [0.29, 0.717) is 12.0 Å². The molecule has 2 rings (SSSR count). The molecule has 3 N–H and O–H groups in total. The number of hydrogen-bond acceptors (Lipinski definition) is 7. The van der Waals surface area contributed by atoms with Gasteiger partial charge in [-0.1, -0.05) is 36.9 Å². The smallest absolute Gasteiger partial charge is 0.319 e. The summed E-state index contributed by atoms with van der Waals surface area (Å²) in [5, 5.41) is 4.43. The molecule has 2 aromatic rings. The summed E-state index contributed by atoms with van der Waals surface area (Å²) in [6.45, 7) is 3.04. The molecule has 0 aliphatic heterocycles. The molecule has 28 heavy (non-hydrogen) atoms. The number of H-pyrrole nitrogens is 1. The van der Waals surface area contributed by atoms with Gasteiger partial charge in [0.1, 0.15) is 5.25 Å². The molecule has 0 saturated heterocycles. The molecule has 1 aromatic carbocycles. The second kappa shape index (κ2) is 9.70. The molecular formula is C18H20N4O5S. The van der Waals surface area contributed by atoms with Gasteiger partial charge in [0, 0.05) is 12.5 Å². The number of carbonyl (C=O) groups excluding carboxylic acids is 3. The summed E-state index contributed by atoms with van der Waals surface area (Å²) < 4.78 is 4.72. The third kappa shape index (κ3) is 5.43. The summed E-state index contributed by atoms with van der Waals surface area (Å²) in [5.41, 5.74) is -0.518. The van der Waals surface area contributed by atoms with E-state index in [4.69, 9.17) is 4.74 Å². The number of nitrogens with zero attached hydrogens (tertiary/aromatic N) is 1. The summed E-state index contributed by atoms with van der Waals surface area (Å²) in [4.78, 5) is 54.9. The van der Waals surface area contributed by atoms with Crippen molar-refractivity contribution in [3.05, 3.63) is 46.2 Å². The largest absolute Gasteiger partial charge is 0.468 e. The number of carbonyl (C=O) groups is 3. The monoisotopic (exact) mass is 404 g/mol. The van der Waals surface area contributed by atoms with Gasteiger partial charge in [0.2, 0.25) is 5.91 Å². The van der Waals surface area contributed by atoms with Crippen LogP contribution in [0.3, 0.4) is 0 Å². The summed E-state index contributed by atoms with van der Waals surface area (Å²) in [6, 6.07) is 8.29. The number of anilines is 2. The highest BCUT2D eigenvalue weighted by molar-refractivity contribution is 8.00. The van der Waals surface area contributed by atoms with E-state index in [9.17, 15) is 19.2 Å². The number of nitrogens with one attached hydrogen (secondary N) is 3. The van der Waals surface area contributed by atoms with Gasteiger partial charge in [0.25, 0.3) is 11.5 Å². The molecule has 0 fully saturated rings. The Kier molecular flexibility index (Phi) is 7.33. The van der Waals surface area contributed by atoms with Crippen LogP contribution in [-0.2, 0) is 14.3 Å². The number of ether oxygens (including phenoxy) is 1. The van der Waals surface area contributed by atoms with Crippen molar-refractivity contribution >= 4 is 41.1 Å². The highest BCUT2D eigenvalue weighted by Gasteiger charge is 2.22. The topological polar surface area (TPSA) is 130 Å². The first-order valence-corrected chi connectivity index (χ1v) is 9.26. The van der Waals surface area contributed by atoms with Gasteiger partial charge in [-0.05, 0) is 18.6 Å². The molecule has 1 atom stereocenters. The lowest BCUT2D eigenvalue weighted by atomic mass is 10.2. The number of rotatable bonds is 7. The van der Waals surface area contributed by atoms with Crippen molar-refractivity contribution in [1.82, 2.24) is 9.97 Å². The number of amides is 2. The van der Waals surface area contributed by atoms with Crippen molar-refractivity contribution in [3.8, 4) is 0 Å². The number of thioether (sulfide) groups is 1. The molecule has 0 aliphatic carbocycles. The zero-order chi connectivity index (χ0) is 20.7. The van der Waals surface area contributed by atoms with Crippen LogP contribution in [0.25, 0.3) is 0 Å². The van der Waals surface area contributed by atoms with Crippen molar-refractivity contribution < 1.29 is 19.1 Å². The molecule has 0 unspecified atom stereocenters. The first-order chi connectivity index (χ1) is 13.3. The summed E-state index contributed by atoms with van der Waals surface area (Å²) >= 11 is 0.996. The minimum absolute atomic E-state index is 0.109. The minimum atomic E-state index is -0.662. The van der Waals surface area contributed by atoms with Gasteiger partial charge in [-0.2, -0.15) is 0 Å². The average molecular weight is 404 g/mol. The van der Waals surface area contributed by atoms with Crippen molar-refractivity contribution in [2.75, 3.05) is 17.7 Å². The number of aromatic amines is 1. The van der Waals surface area contributed by atoms with Crippen LogP contribution in [0.15, 0.2) is 40.3 Å². The van der Waals surface area contributed by atoms with Gasteiger partial charge in [-0.25, -0.2) is 4.98 Å². The van der Waals surface area contributed by atoms with Crippen LogP contribution in [0, 0.1) is 0 Å². The second-order valence-corrected chi connectivity index (χ2v) is 6.83. The third-order valence-corrected chi connectivity index (χ3v) is 4.78. The average Bonchev–Trinajstić information content (AvgIpc) is 2.68. The van der Waals surface area contributed by atoms with Crippen LogP contribution in [0.1, 0.15) is 30.6 Å². The van der Waals surface area contributed by atoms with E-state index >= 15 is 0 Å². The van der Waals surface area contributed by atoms with Crippen molar-refractivity contribution in [1.29, 1.82) is 0 Å². The Bertz CT molecular complexity index is 929. The molecular weight excluding hydrogens is 384 g/mol. The Morgan fingerprint density at radius 1 is 1.21 bits per heavy atom. The molecule has 1 heterocycles. The summed E-state index contributed by atoms with van der Waals surface area (Å²) in [7, 11) is 1.27. The van der Waals surface area contributed by atoms with E-state index in [2.05, 4.69) is 20.6 Å². The Labute approximate surface area is 165 Å². The van der Waals surface area contributed by atoms with Crippen LogP contribution < -0.4 is 16.2 Å². The lowest BCUT2D eigenvalue weighted by Crippen LogP contribution is -2.25. The predicted octanol–water partition coefficient (Wildman–Crippen LogP) is 2.02. The van der Waals surface area contributed by atoms with Gasteiger partial charge >= 0.3 is 5.97 Å². The van der Waals surface area contributed by atoms with E-state index in [1.165, 1.54) is 14.0 Å². The van der Waals surface area contributed by atoms with E-state index in [1.807, 2.05) is 0 Å². The lowest BCUT2D eigenvalue weighted by Gasteiger charge is -2.14. The Morgan fingerprint density at radius 3 is 2.46 bits per heavy atom. The summed E-state index contributed by atoms with van der Waals surface area (Å²) in [6.07, 6.45) is 0.447. The van der Waals surface area contributed by atoms with Crippen molar-refractivity contribution in [2.45, 2.75) is 30.7 Å². The van der Waals surface area contributed by atoms with Crippen LogP contribution in [0.4, 0.5) is 11.5 Å². The van der Waals surface area contributed by atoms with Gasteiger partial charge < -0.3 is 15.4 Å². The second-order valence-electron chi connectivity index (χ2n) is 5.63. The Morgan fingerprint density at radius 2 is 1.89 bits per heavy atom. The van der Waals surface area contributed by atoms with Gasteiger partial charge in [-0.3, -0.25) is 24.2 Å². The first kappa shape index (κ1) is 21.2. The number of benzene rings is 1. The van der Waals surface area contributed by atoms with E-state index in [-0.39, 0.29) is 16.7 Å². The normalized spacial score (nSPS) is 11.4. The molecule has 0 spiro atoms. The number of methoxy groups -OCH3 is 1. The Hall–Kier alpha value is -3.14. The third-order valence-electron chi connectivity index (χ3n) is 3.56. The standard InChI is InChI=1S/C18H20N4O5S/c1-4-12(17(26)27-3)28-18-21-14(19-10(2)23)13(16(25)22-18)20-15(24)11-8-6-5-7-9-11/h5-9,12H,4H2,1-3H3,(H,20,24)(H2,19,21,22,23,25)/t12-/m0/s1. The molecule has 9 nitrogen and oxygen atoms in total. The maximum Gasteiger partial charge on any atom is 0.319 e. The van der Waals surface area contributed by atoms with Crippen LogP contribution >= 0.6 is 11.8 Å². The van der Waals surface area contributed by atoms with E-state index in [0.717, 1.165) is 11.8 Å². The van der Waals surface area contributed by atoms with Gasteiger partial charge in [0.05, 0.1) is 7.11 Å². The Balaban J connectivity index is 2.37. The number of hydrogen-bond donors (Lipinski definition) is 3. The lowest BCUT2D eigenvalue weighted by molar-refractivity contribution is -0.140. The van der Waals surface area contributed by atoms with E-state index < -0.39 is 28.6 Å². The molecule has 0 bridgehead atoms. The fraction of sp³-hybridized carbons (Fsp3) is 0.278. The first-order valence-electron chi connectivity index (χ1n) is 8.38. The molecule has 2 amide bonds. The highest BCUT2D eigenvalue weighted by atomic mass is 32.2. The number of esters is 1. The molecule has 0 saturated carbocycles. The fourth-order valence-corrected chi connectivity index (χ4v) is 3.15. The molecule has 0 radical (unpaired) electrons. The van der Waals surface area contributed by atoms with Gasteiger partial charge in [0.15, 0.2) is 16.7 Å². The zero-order valence-electron chi connectivity index (χ0n) is 15.6. The van der Waals surface area contributed by atoms with Crippen LogP contribution in [0.2, 0.25) is 0 Å².